The first kappa shape index (κ1) is 14.6. The molecule has 0 unspecified atom stereocenters. The molecular formula is C16H28N2O. The predicted molar refractivity (Wildman–Crippen MR) is 78.8 cm³/mol. The molecule has 2 heterocycles. The van der Waals surface area contributed by atoms with E-state index in [1.165, 1.54) is 17.0 Å². The molecule has 1 fully saturated rings. The van der Waals surface area contributed by atoms with E-state index >= 15 is 0 Å². The molecule has 0 aromatic carbocycles. The molecule has 1 aliphatic rings. The Balaban J connectivity index is 2.51. The fraction of sp³-hybridized carbons (Fsp3) is 0.812. The lowest BCUT2D eigenvalue weighted by Gasteiger charge is -2.27. The summed E-state index contributed by atoms with van der Waals surface area (Å²) < 4.78 is 7.60. The van der Waals surface area contributed by atoms with Gasteiger partial charge in [0, 0.05) is 37.4 Å². The lowest BCUT2D eigenvalue weighted by Crippen LogP contribution is -2.21. The third kappa shape index (κ3) is 2.86. The minimum absolute atomic E-state index is 0.154. The van der Waals surface area contributed by atoms with E-state index in [1.54, 1.807) is 0 Å². The number of aromatic nitrogens is 2. The fourth-order valence-electron chi connectivity index (χ4n) is 3.25. The SMILES string of the molecule is CC(C)c1c(C(C)(C)C)c(C2CCOCC2)nn1C. The molecule has 0 spiro atoms. The Morgan fingerprint density at radius 2 is 1.79 bits per heavy atom. The molecule has 0 atom stereocenters. The van der Waals surface area contributed by atoms with Gasteiger partial charge >= 0.3 is 0 Å². The number of hydrogen-bond acceptors (Lipinski definition) is 2. The summed E-state index contributed by atoms with van der Waals surface area (Å²) in [6, 6.07) is 0. The molecule has 0 saturated carbocycles. The van der Waals surface area contributed by atoms with Crippen LogP contribution in [0.2, 0.25) is 0 Å². The summed E-state index contributed by atoms with van der Waals surface area (Å²) in [5, 5.41) is 4.88. The van der Waals surface area contributed by atoms with Crippen LogP contribution in [-0.2, 0) is 17.2 Å². The van der Waals surface area contributed by atoms with E-state index in [0.29, 0.717) is 11.8 Å². The molecule has 0 N–H and O–H groups in total. The molecule has 0 radical (unpaired) electrons. The highest BCUT2D eigenvalue weighted by molar-refractivity contribution is 5.37. The summed E-state index contributed by atoms with van der Waals surface area (Å²) >= 11 is 0. The van der Waals surface area contributed by atoms with E-state index in [4.69, 9.17) is 9.84 Å². The van der Waals surface area contributed by atoms with Gasteiger partial charge < -0.3 is 4.74 Å². The molecule has 0 amide bonds. The fourth-order valence-corrected chi connectivity index (χ4v) is 3.25. The van der Waals surface area contributed by atoms with Crippen molar-refractivity contribution in [1.29, 1.82) is 0 Å². The molecule has 1 aliphatic heterocycles. The second-order valence-corrected chi connectivity index (χ2v) is 7.06. The second-order valence-electron chi connectivity index (χ2n) is 7.06. The standard InChI is InChI=1S/C16H28N2O/c1-11(2)15-13(16(3,4)5)14(17-18(15)6)12-7-9-19-10-8-12/h11-12H,7-10H2,1-6H3. The van der Waals surface area contributed by atoms with Crippen LogP contribution in [0.15, 0.2) is 0 Å². The molecule has 108 valence electrons. The molecule has 3 heteroatoms. The largest absolute Gasteiger partial charge is 0.381 e. The molecule has 2 rings (SSSR count). The van der Waals surface area contributed by atoms with E-state index in [2.05, 4.69) is 46.3 Å². The highest BCUT2D eigenvalue weighted by Crippen LogP contribution is 2.39. The van der Waals surface area contributed by atoms with Gasteiger partial charge in [-0.3, -0.25) is 4.68 Å². The topological polar surface area (TPSA) is 27.1 Å². The van der Waals surface area contributed by atoms with E-state index in [-0.39, 0.29) is 5.41 Å². The Labute approximate surface area is 117 Å². The van der Waals surface area contributed by atoms with Gasteiger partial charge in [-0.2, -0.15) is 5.10 Å². The van der Waals surface area contributed by atoms with Crippen LogP contribution in [-0.4, -0.2) is 23.0 Å². The maximum absolute atomic E-state index is 5.50. The van der Waals surface area contributed by atoms with Crippen molar-refractivity contribution in [2.75, 3.05) is 13.2 Å². The minimum atomic E-state index is 0.154. The quantitative estimate of drug-likeness (QED) is 0.813. The Bertz CT molecular complexity index is 434. The van der Waals surface area contributed by atoms with Gasteiger partial charge in [0.15, 0.2) is 0 Å². The monoisotopic (exact) mass is 264 g/mol. The minimum Gasteiger partial charge on any atom is -0.381 e. The van der Waals surface area contributed by atoms with Crippen molar-refractivity contribution < 1.29 is 4.74 Å². The van der Waals surface area contributed by atoms with E-state index in [1.807, 2.05) is 0 Å². The number of ether oxygens (including phenoxy) is 1. The summed E-state index contributed by atoms with van der Waals surface area (Å²) in [6.45, 7) is 13.2. The van der Waals surface area contributed by atoms with Gasteiger partial charge in [0.05, 0.1) is 5.69 Å². The van der Waals surface area contributed by atoms with E-state index < -0.39 is 0 Å². The van der Waals surface area contributed by atoms with E-state index in [0.717, 1.165) is 26.1 Å². The Morgan fingerprint density at radius 1 is 1.21 bits per heavy atom. The van der Waals surface area contributed by atoms with Crippen LogP contribution >= 0.6 is 0 Å². The third-order valence-corrected chi connectivity index (χ3v) is 4.02. The van der Waals surface area contributed by atoms with Gasteiger partial charge in [-0.1, -0.05) is 34.6 Å². The third-order valence-electron chi connectivity index (χ3n) is 4.02. The molecule has 0 bridgehead atoms. The normalized spacial score (nSPS) is 18.3. The smallest absolute Gasteiger partial charge is 0.0697 e. The van der Waals surface area contributed by atoms with Crippen LogP contribution < -0.4 is 0 Å². The van der Waals surface area contributed by atoms with Crippen LogP contribution in [0.25, 0.3) is 0 Å². The zero-order valence-corrected chi connectivity index (χ0v) is 13.3. The molecule has 3 nitrogen and oxygen atoms in total. The van der Waals surface area contributed by atoms with Crippen molar-refractivity contribution in [3.05, 3.63) is 17.0 Å². The highest BCUT2D eigenvalue weighted by Gasteiger charge is 2.32. The molecular weight excluding hydrogens is 236 g/mol. The molecule has 0 aliphatic carbocycles. The van der Waals surface area contributed by atoms with Crippen molar-refractivity contribution in [2.45, 2.75) is 64.7 Å². The van der Waals surface area contributed by atoms with Crippen molar-refractivity contribution in [2.24, 2.45) is 7.05 Å². The van der Waals surface area contributed by atoms with Gasteiger partial charge in [0.1, 0.15) is 0 Å². The first-order valence-corrected chi connectivity index (χ1v) is 7.47. The summed E-state index contributed by atoms with van der Waals surface area (Å²) in [5.74, 6) is 1.09. The summed E-state index contributed by atoms with van der Waals surface area (Å²) in [4.78, 5) is 0. The van der Waals surface area contributed by atoms with Gasteiger partial charge in [-0.25, -0.2) is 0 Å². The maximum atomic E-state index is 5.50. The number of nitrogens with zero attached hydrogens (tertiary/aromatic N) is 2. The van der Waals surface area contributed by atoms with Crippen molar-refractivity contribution >= 4 is 0 Å². The molecule has 1 aromatic heterocycles. The summed E-state index contributed by atoms with van der Waals surface area (Å²) in [6.07, 6.45) is 2.22. The number of rotatable bonds is 2. The van der Waals surface area contributed by atoms with Gasteiger partial charge in [-0.05, 0) is 24.2 Å². The molecule has 1 aromatic rings. The Morgan fingerprint density at radius 3 is 2.26 bits per heavy atom. The molecule has 19 heavy (non-hydrogen) atoms. The number of hydrogen-bond donors (Lipinski definition) is 0. The lowest BCUT2D eigenvalue weighted by molar-refractivity contribution is 0.0840. The first-order chi connectivity index (χ1) is 8.82. The highest BCUT2D eigenvalue weighted by atomic mass is 16.5. The van der Waals surface area contributed by atoms with Crippen LogP contribution in [0.3, 0.4) is 0 Å². The van der Waals surface area contributed by atoms with Gasteiger partial charge in [0.25, 0.3) is 0 Å². The van der Waals surface area contributed by atoms with Crippen LogP contribution in [0.1, 0.15) is 76.2 Å². The zero-order chi connectivity index (χ0) is 14.2. The zero-order valence-electron chi connectivity index (χ0n) is 13.3. The lowest BCUT2D eigenvalue weighted by atomic mass is 9.79. The van der Waals surface area contributed by atoms with Crippen molar-refractivity contribution in [3.8, 4) is 0 Å². The number of aryl methyl sites for hydroxylation is 1. The first-order valence-electron chi connectivity index (χ1n) is 7.47. The van der Waals surface area contributed by atoms with Gasteiger partial charge in [0.2, 0.25) is 0 Å². The van der Waals surface area contributed by atoms with Crippen LogP contribution in [0, 0.1) is 0 Å². The Kier molecular flexibility index (Phi) is 4.05. The average molecular weight is 264 g/mol. The molecule has 1 saturated heterocycles. The van der Waals surface area contributed by atoms with E-state index in [9.17, 15) is 0 Å². The van der Waals surface area contributed by atoms with Crippen LogP contribution in [0.5, 0.6) is 0 Å². The van der Waals surface area contributed by atoms with Crippen molar-refractivity contribution in [1.82, 2.24) is 9.78 Å². The maximum Gasteiger partial charge on any atom is 0.0697 e. The van der Waals surface area contributed by atoms with Crippen LogP contribution in [0.4, 0.5) is 0 Å². The Hall–Kier alpha value is -0.830. The summed E-state index contributed by atoms with van der Waals surface area (Å²) in [5.41, 5.74) is 4.34. The predicted octanol–water partition coefficient (Wildman–Crippen LogP) is 3.74. The second kappa shape index (κ2) is 5.28. The summed E-state index contributed by atoms with van der Waals surface area (Å²) in [7, 11) is 2.09. The average Bonchev–Trinajstić information content (AvgIpc) is 2.68. The van der Waals surface area contributed by atoms with Crippen molar-refractivity contribution in [3.63, 3.8) is 0 Å². The van der Waals surface area contributed by atoms with Gasteiger partial charge in [-0.15, -0.1) is 0 Å².